The van der Waals surface area contributed by atoms with Crippen LogP contribution < -0.4 is 4.74 Å². The third kappa shape index (κ3) is 2.82. The molecule has 4 nitrogen and oxygen atoms in total. The SMILES string of the molecule is CCC(O)c1c(Cc2ccccc2OC)nc2c(C)cccn12. The monoisotopic (exact) mass is 310 g/mol. The molecule has 3 aromatic rings. The van der Waals surface area contributed by atoms with Gasteiger partial charge in [-0.05, 0) is 31.0 Å². The predicted octanol–water partition coefficient (Wildman–Crippen LogP) is 3.69. The Kier molecular flexibility index (Phi) is 4.35. The van der Waals surface area contributed by atoms with Crippen molar-refractivity contribution in [2.45, 2.75) is 32.8 Å². The second kappa shape index (κ2) is 6.42. The number of fused-ring (bicyclic) bond motifs is 1. The van der Waals surface area contributed by atoms with E-state index in [0.717, 1.165) is 33.9 Å². The van der Waals surface area contributed by atoms with Crippen molar-refractivity contribution in [1.29, 1.82) is 0 Å². The van der Waals surface area contributed by atoms with Crippen molar-refractivity contribution in [3.05, 3.63) is 65.1 Å². The van der Waals surface area contributed by atoms with Crippen LogP contribution in [0, 0.1) is 6.92 Å². The maximum Gasteiger partial charge on any atom is 0.140 e. The van der Waals surface area contributed by atoms with Crippen molar-refractivity contribution >= 4 is 5.65 Å². The number of hydrogen-bond donors (Lipinski definition) is 1. The van der Waals surface area contributed by atoms with E-state index < -0.39 is 6.10 Å². The molecule has 23 heavy (non-hydrogen) atoms. The molecule has 0 saturated heterocycles. The van der Waals surface area contributed by atoms with Crippen LogP contribution >= 0.6 is 0 Å². The molecule has 1 atom stereocenters. The molecule has 0 aliphatic rings. The van der Waals surface area contributed by atoms with E-state index in [0.29, 0.717) is 12.8 Å². The summed E-state index contributed by atoms with van der Waals surface area (Å²) in [5.41, 5.74) is 4.85. The van der Waals surface area contributed by atoms with Gasteiger partial charge in [0.15, 0.2) is 0 Å². The number of aromatic nitrogens is 2. The number of pyridine rings is 1. The van der Waals surface area contributed by atoms with Gasteiger partial charge < -0.3 is 14.2 Å². The molecule has 120 valence electrons. The molecule has 1 aromatic carbocycles. The van der Waals surface area contributed by atoms with Gasteiger partial charge in [-0.3, -0.25) is 0 Å². The Morgan fingerprint density at radius 2 is 2.00 bits per heavy atom. The molecular formula is C19H22N2O2. The number of nitrogens with zero attached hydrogens (tertiary/aromatic N) is 2. The summed E-state index contributed by atoms with van der Waals surface area (Å²) in [5, 5.41) is 10.5. The number of aryl methyl sites for hydroxylation is 1. The van der Waals surface area contributed by atoms with E-state index in [1.165, 1.54) is 0 Å². The first-order valence-electron chi connectivity index (χ1n) is 7.92. The first-order chi connectivity index (χ1) is 11.2. The molecule has 0 radical (unpaired) electrons. The fourth-order valence-corrected chi connectivity index (χ4v) is 2.97. The number of aliphatic hydroxyl groups is 1. The fraction of sp³-hybridized carbons (Fsp3) is 0.316. The highest BCUT2D eigenvalue weighted by atomic mass is 16.5. The number of imidazole rings is 1. The summed E-state index contributed by atoms with van der Waals surface area (Å²) in [5.74, 6) is 0.846. The molecule has 0 amide bonds. The van der Waals surface area contributed by atoms with Crippen molar-refractivity contribution < 1.29 is 9.84 Å². The molecule has 0 aliphatic carbocycles. The maximum absolute atomic E-state index is 10.5. The molecule has 2 aromatic heterocycles. The van der Waals surface area contributed by atoms with Crippen LogP contribution in [0.4, 0.5) is 0 Å². The highest BCUT2D eigenvalue weighted by Gasteiger charge is 2.20. The van der Waals surface area contributed by atoms with E-state index >= 15 is 0 Å². The minimum Gasteiger partial charge on any atom is -0.496 e. The number of rotatable bonds is 5. The standard InChI is InChI=1S/C19H22N2O2/c1-4-16(22)18-15(12-14-9-5-6-10-17(14)23-3)20-19-13(2)8-7-11-21(18)19/h5-11,16,22H,4,12H2,1-3H3. The zero-order valence-electron chi connectivity index (χ0n) is 13.8. The lowest BCUT2D eigenvalue weighted by atomic mass is 10.0. The fourth-order valence-electron chi connectivity index (χ4n) is 2.97. The minimum atomic E-state index is -0.531. The number of methoxy groups -OCH3 is 1. The third-order valence-corrected chi connectivity index (χ3v) is 4.21. The number of aliphatic hydroxyl groups excluding tert-OH is 1. The Hall–Kier alpha value is -2.33. The van der Waals surface area contributed by atoms with Crippen molar-refractivity contribution in [3.8, 4) is 5.75 Å². The molecule has 0 aliphatic heterocycles. The zero-order valence-corrected chi connectivity index (χ0v) is 13.8. The van der Waals surface area contributed by atoms with E-state index in [-0.39, 0.29) is 0 Å². The van der Waals surface area contributed by atoms with E-state index in [4.69, 9.17) is 9.72 Å². The average Bonchev–Trinajstić information content (AvgIpc) is 2.94. The Balaban J connectivity index is 2.14. The van der Waals surface area contributed by atoms with Crippen molar-refractivity contribution in [3.63, 3.8) is 0 Å². The third-order valence-electron chi connectivity index (χ3n) is 4.21. The van der Waals surface area contributed by atoms with Gasteiger partial charge in [-0.2, -0.15) is 0 Å². The lowest BCUT2D eigenvalue weighted by molar-refractivity contribution is 0.167. The second-order valence-electron chi connectivity index (χ2n) is 5.74. The van der Waals surface area contributed by atoms with E-state index in [9.17, 15) is 5.11 Å². The molecule has 0 bridgehead atoms. The summed E-state index contributed by atoms with van der Waals surface area (Å²) >= 11 is 0. The molecule has 3 rings (SSSR count). The summed E-state index contributed by atoms with van der Waals surface area (Å²) in [7, 11) is 1.68. The Morgan fingerprint density at radius 1 is 1.22 bits per heavy atom. The van der Waals surface area contributed by atoms with Gasteiger partial charge in [-0.25, -0.2) is 4.98 Å². The van der Waals surface area contributed by atoms with E-state index in [1.54, 1.807) is 7.11 Å². The molecule has 1 N–H and O–H groups in total. The molecule has 4 heteroatoms. The largest absolute Gasteiger partial charge is 0.496 e. The number of ether oxygens (including phenoxy) is 1. The van der Waals surface area contributed by atoms with Crippen LogP contribution in [0.25, 0.3) is 5.65 Å². The normalized spacial score (nSPS) is 12.5. The number of para-hydroxylation sites is 1. The van der Waals surface area contributed by atoms with Gasteiger partial charge in [-0.1, -0.05) is 31.2 Å². The highest BCUT2D eigenvalue weighted by molar-refractivity contribution is 5.52. The summed E-state index contributed by atoms with van der Waals surface area (Å²) in [6, 6.07) is 12.0. The first-order valence-corrected chi connectivity index (χ1v) is 7.92. The van der Waals surface area contributed by atoms with Crippen LogP contribution in [0.3, 0.4) is 0 Å². The van der Waals surface area contributed by atoms with Crippen LogP contribution in [0.1, 0.15) is 42.0 Å². The Bertz CT molecular complexity index is 823. The molecule has 0 spiro atoms. The van der Waals surface area contributed by atoms with E-state index in [1.807, 2.05) is 60.8 Å². The molecule has 0 fully saturated rings. The Labute approximate surface area is 136 Å². The van der Waals surface area contributed by atoms with Crippen molar-refractivity contribution in [1.82, 2.24) is 9.38 Å². The van der Waals surface area contributed by atoms with Gasteiger partial charge in [0.25, 0.3) is 0 Å². The predicted molar refractivity (Wildman–Crippen MR) is 91.0 cm³/mol. The molecule has 0 saturated carbocycles. The minimum absolute atomic E-state index is 0.531. The summed E-state index contributed by atoms with van der Waals surface area (Å²) in [6.07, 6.45) is 2.73. The van der Waals surface area contributed by atoms with Gasteiger partial charge in [0.2, 0.25) is 0 Å². The van der Waals surface area contributed by atoms with E-state index in [2.05, 4.69) is 0 Å². The average molecular weight is 310 g/mol. The van der Waals surface area contributed by atoms with Crippen molar-refractivity contribution in [2.75, 3.05) is 7.11 Å². The lowest BCUT2D eigenvalue weighted by Crippen LogP contribution is -2.05. The van der Waals surface area contributed by atoms with Gasteiger partial charge in [0.05, 0.1) is 24.6 Å². The van der Waals surface area contributed by atoms with Gasteiger partial charge in [0, 0.05) is 18.2 Å². The van der Waals surface area contributed by atoms with Crippen LogP contribution in [-0.4, -0.2) is 21.6 Å². The van der Waals surface area contributed by atoms with Gasteiger partial charge in [0.1, 0.15) is 11.4 Å². The van der Waals surface area contributed by atoms with Crippen LogP contribution in [0.2, 0.25) is 0 Å². The number of hydrogen-bond acceptors (Lipinski definition) is 3. The summed E-state index contributed by atoms with van der Waals surface area (Å²) in [4.78, 5) is 4.80. The highest BCUT2D eigenvalue weighted by Crippen LogP contribution is 2.28. The smallest absolute Gasteiger partial charge is 0.140 e. The Morgan fingerprint density at radius 3 is 2.74 bits per heavy atom. The van der Waals surface area contributed by atoms with Crippen LogP contribution in [-0.2, 0) is 6.42 Å². The maximum atomic E-state index is 10.5. The first kappa shape index (κ1) is 15.6. The second-order valence-corrected chi connectivity index (χ2v) is 5.74. The molecular weight excluding hydrogens is 288 g/mol. The van der Waals surface area contributed by atoms with Crippen LogP contribution in [0.15, 0.2) is 42.6 Å². The zero-order chi connectivity index (χ0) is 16.4. The summed E-state index contributed by atoms with van der Waals surface area (Å²) in [6.45, 7) is 4.02. The van der Waals surface area contributed by atoms with Crippen LogP contribution in [0.5, 0.6) is 5.75 Å². The summed E-state index contributed by atoms with van der Waals surface area (Å²) < 4.78 is 7.45. The quantitative estimate of drug-likeness (QED) is 0.782. The van der Waals surface area contributed by atoms with Gasteiger partial charge >= 0.3 is 0 Å². The molecule has 1 unspecified atom stereocenters. The van der Waals surface area contributed by atoms with Gasteiger partial charge in [-0.15, -0.1) is 0 Å². The molecule has 2 heterocycles. The topological polar surface area (TPSA) is 46.8 Å². The number of benzene rings is 1. The lowest BCUT2D eigenvalue weighted by Gasteiger charge is -2.12. The van der Waals surface area contributed by atoms with Crippen molar-refractivity contribution in [2.24, 2.45) is 0 Å².